The van der Waals surface area contributed by atoms with Gasteiger partial charge in [0.05, 0.1) is 0 Å². The Balaban J connectivity index is 3.40. The number of halogens is 2. The van der Waals surface area contributed by atoms with Crippen molar-refractivity contribution in [2.24, 2.45) is 4.99 Å². The van der Waals surface area contributed by atoms with Crippen LogP contribution in [-0.4, -0.2) is 16.2 Å². The first kappa shape index (κ1) is 11.9. The maximum absolute atomic E-state index is 10.7. The summed E-state index contributed by atoms with van der Waals surface area (Å²) in [6, 6.07) is 1.65. The van der Waals surface area contributed by atoms with Gasteiger partial charge in [0.1, 0.15) is 0 Å². The van der Waals surface area contributed by atoms with E-state index in [1.807, 2.05) is 0 Å². The molecule has 0 N–H and O–H groups in total. The van der Waals surface area contributed by atoms with Crippen molar-refractivity contribution >= 4 is 29.6 Å². The second-order valence-electron chi connectivity index (χ2n) is 2.87. The zero-order chi connectivity index (χ0) is 11.4. The minimum Gasteiger partial charge on any atom is -0.276 e. The second-order valence-corrected chi connectivity index (χ2v) is 3.83. The van der Waals surface area contributed by atoms with Gasteiger partial charge < -0.3 is 0 Å². The molecule has 1 rings (SSSR count). The average Bonchev–Trinajstić information content (AvgIpc) is 2.19. The smallest absolute Gasteiger partial charge is 0.236 e. The fourth-order valence-corrected chi connectivity index (χ4v) is 1.06. The molecular formula is C9H9Cl2N3O. The van der Waals surface area contributed by atoms with Crippen LogP contribution >= 0.6 is 23.2 Å². The Kier molecular flexibility index (Phi) is 4.05. The highest BCUT2D eigenvalue weighted by molar-refractivity contribution is 6.30. The lowest BCUT2D eigenvalue weighted by atomic mass is 10.3. The minimum absolute atomic E-state index is 0.271. The van der Waals surface area contributed by atoms with Gasteiger partial charge in [-0.1, -0.05) is 23.2 Å². The summed E-state index contributed by atoms with van der Waals surface area (Å²) in [7, 11) is 0. The molecule has 0 aliphatic heterocycles. The van der Waals surface area contributed by atoms with Crippen LogP contribution in [0.4, 0.5) is 0 Å². The molecule has 0 fully saturated rings. The Morgan fingerprint density at radius 2 is 2.33 bits per heavy atom. The summed E-state index contributed by atoms with van der Waals surface area (Å²) >= 11 is 11.4. The predicted octanol–water partition coefficient (Wildman–Crippen LogP) is 1.88. The fourth-order valence-electron chi connectivity index (χ4n) is 0.873. The lowest BCUT2D eigenvalue weighted by Crippen LogP contribution is -2.23. The van der Waals surface area contributed by atoms with E-state index in [1.54, 1.807) is 19.9 Å². The van der Waals surface area contributed by atoms with Gasteiger partial charge in [-0.3, -0.25) is 4.79 Å². The normalized spacial score (nSPS) is 13.1. The number of aromatic nitrogens is 2. The van der Waals surface area contributed by atoms with Crippen molar-refractivity contribution in [3.8, 4) is 0 Å². The Morgan fingerprint density at radius 3 is 2.87 bits per heavy atom. The highest BCUT2D eigenvalue weighted by atomic mass is 35.5. The molecule has 1 aromatic rings. The van der Waals surface area contributed by atoms with Crippen LogP contribution in [0.5, 0.6) is 0 Å². The molecule has 6 heteroatoms. The summed E-state index contributed by atoms with van der Waals surface area (Å²) in [6.07, 6.45) is 1.97. The van der Waals surface area contributed by atoms with Crippen molar-refractivity contribution in [2.45, 2.75) is 13.8 Å². The third-order valence-electron chi connectivity index (χ3n) is 1.58. The van der Waals surface area contributed by atoms with Gasteiger partial charge in [0, 0.05) is 11.2 Å². The molecule has 0 aromatic carbocycles. The van der Waals surface area contributed by atoms with Crippen molar-refractivity contribution in [3.05, 3.63) is 33.5 Å². The molecule has 0 aliphatic carbocycles. The maximum Gasteiger partial charge on any atom is 0.236 e. The van der Waals surface area contributed by atoms with Gasteiger partial charge in [0.2, 0.25) is 6.41 Å². The molecule has 0 aliphatic rings. The van der Waals surface area contributed by atoms with Crippen LogP contribution in [-0.2, 0) is 4.79 Å². The van der Waals surface area contributed by atoms with Gasteiger partial charge in [-0.2, -0.15) is 9.78 Å². The average molecular weight is 246 g/mol. The van der Waals surface area contributed by atoms with Crippen LogP contribution in [0.1, 0.15) is 12.5 Å². The third kappa shape index (κ3) is 3.18. The number of rotatable bonds is 2. The van der Waals surface area contributed by atoms with E-state index in [4.69, 9.17) is 23.2 Å². The summed E-state index contributed by atoms with van der Waals surface area (Å²) < 4.78 is 1.05. The Bertz CT molecular complexity index is 473. The first-order chi connectivity index (χ1) is 7.04. The quantitative estimate of drug-likeness (QED) is 0.748. The number of allylic oxidation sites excluding steroid dienone is 1. The molecule has 1 heterocycles. The predicted molar refractivity (Wildman–Crippen MR) is 59.3 cm³/mol. The van der Waals surface area contributed by atoms with E-state index in [-0.39, 0.29) is 5.15 Å². The van der Waals surface area contributed by atoms with Gasteiger partial charge in [-0.25, -0.2) is 4.99 Å². The van der Waals surface area contributed by atoms with Crippen molar-refractivity contribution in [3.63, 3.8) is 0 Å². The topological polar surface area (TPSA) is 47.2 Å². The highest BCUT2D eigenvalue weighted by Crippen LogP contribution is 2.06. The highest BCUT2D eigenvalue weighted by Gasteiger charge is 1.99. The van der Waals surface area contributed by atoms with Crippen molar-refractivity contribution < 1.29 is 4.79 Å². The molecule has 0 atom stereocenters. The van der Waals surface area contributed by atoms with Gasteiger partial charge in [0.25, 0.3) is 0 Å². The first-order valence-electron chi connectivity index (χ1n) is 4.12. The summed E-state index contributed by atoms with van der Waals surface area (Å²) in [5.41, 5.74) is 1.13. The molecule has 0 radical (unpaired) electrons. The summed E-state index contributed by atoms with van der Waals surface area (Å²) in [6.45, 7) is 3.47. The largest absolute Gasteiger partial charge is 0.276 e. The van der Waals surface area contributed by atoms with Crippen LogP contribution in [0.15, 0.2) is 22.3 Å². The van der Waals surface area contributed by atoms with Crippen LogP contribution < -0.4 is 5.49 Å². The molecule has 1 aromatic heterocycles. The van der Waals surface area contributed by atoms with E-state index in [1.165, 1.54) is 6.20 Å². The van der Waals surface area contributed by atoms with Crippen LogP contribution in [0.2, 0.25) is 5.15 Å². The molecular weight excluding hydrogens is 237 g/mol. The number of nitrogens with zero attached hydrogens (tertiary/aromatic N) is 3. The SMILES string of the molecule is C/C(Cl)=C\N=c1\cc(C)c(Cl)nn1C=O. The van der Waals surface area contributed by atoms with E-state index in [9.17, 15) is 4.79 Å². The minimum atomic E-state index is 0.271. The van der Waals surface area contributed by atoms with Gasteiger partial charge in [0.15, 0.2) is 10.6 Å². The maximum atomic E-state index is 10.7. The van der Waals surface area contributed by atoms with Gasteiger partial charge >= 0.3 is 0 Å². The number of carbonyl (C=O) groups is 1. The molecule has 15 heavy (non-hydrogen) atoms. The lowest BCUT2D eigenvalue weighted by Gasteiger charge is -2.00. The molecule has 0 saturated heterocycles. The lowest BCUT2D eigenvalue weighted by molar-refractivity contribution is 0.535. The van der Waals surface area contributed by atoms with Crippen molar-refractivity contribution in [1.82, 2.24) is 9.78 Å². The first-order valence-corrected chi connectivity index (χ1v) is 4.87. The Labute approximate surface area is 96.8 Å². The van der Waals surface area contributed by atoms with Crippen LogP contribution in [0.3, 0.4) is 0 Å². The van der Waals surface area contributed by atoms with Gasteiger partial charge in [-0.05, 0) is 25.5 Å². The van der Waals surface area contributed by atoms with Crippen LogP contribution in [0.25, 0.3) is 0 Å². The molecule has 0 unspecified atom stereocenters. The van der Waals surface area contributed by atoms with Crippen molar-refractivity contribution in [1.29, 1.82) is 0 Å². The van der Waals surface area contributed by atoms with E-state index in [2.05, 4.69) is 10.1 Å². The van der Waals surface area contributed by atoms with E-state index in [0.29, 0.717) is 16.9 Å². The van der Waals surface area contributed by atoms with E-state index >= 15 is 0 Å². The molecule has 0 spiro atoms. The Hall–Kier alpha value is -1.13. The number of hydrogen-bond donors (Lipinski definition) is 0. The zero-order valence-electron chi connectivity index (χ0n) is 8.24. The molecule has 0 saturated carbocycles. The number of carbonyl (C=O) groups excluding carboxylic acids is 1. The molecule has 4 nitrogen and oxygen atoms in total. The Morgan fingerprint density at radius 1 is 1.67 bits per heavy atom. The molecule has 0 bridgehead atoms. The molecule has 80 valence electrons. The summed E-state index contributed by atoms with van der Waals surface area (Å²) in [5, 5.41) is 4.60. The monoisotopic (exact) mass is 245 g/mol. The van der Waals surface area contributed by atoms with Crippen LogP contribution in [0, 0.1) is 6.92 Å². The zero-order valence-corrected chi connectivity index (χ0v) is 9.75. The standard InChI is InChI=1S/C9H9Cl2N3O/c1-6-3-8(12-4-7(2)10)14(5-15)13-9(6)11/h3-5H,1-2H3/b7-4+,12-8-. The van der Waals surface area contributed by atoms with E-state index < -0.39 is 0 Å². The molecule has 0 amide bonds. The fraction of sp³-hybridized carbons (Fsp3) is 0.222. The van der Waals surface area contributed by atoms with Crippen molar-refractivity contribution in [2.75, 3.05) is 0 Å². The van der Waals surface area contributed by atoms with Gasteiger partial charge in [-0.15, -0.1) is 0 Å². The summed E-state index contributed by atoms with van der Waals surface area (Å²) in [5.74, 6) is 0. The second kappa shape index (κ2) is 5.09. The van der Waals surface area contributed by atoms with E-state index in [0.717, 1.165) is 10.2 Å². The number of hydrogen-bond acceptors (Lipinski definition) is 3. The third-order valence-corrected chi connectivity index (χ3v) is 2.05. The number of aryl methyl sites for hydroxylation is 1. The summed E-state index contributed by atoms with van der Waals surface area (Å²) in [4.78, 5) is 14.7.